The van der Waals surface area contributed by atoms with Crippen LogP contribution in [0.3, 0.4) is 0 Å². The normalized spacial score (nSPS) is 10.5. The van der Waals surface area contributed by atoms with Gasteiger partial charge in [-0.3, -0.25) is 19.5 Å². The van der Waals surface area contributed by atoms with Crippen LogP contribution in [0.4, 0.5) is 15.8 Å². The minimum atomic E-state index is -0.747. The number of ether oxygens (including phenoxy) is 1. The zero-order valence-electron chi connectivity index (χ0n) is 14.7. The van der Waals surface area contributed by atoms with Gasteiger partial charge in [-0.25, -0.2) is 9.37 Å². The van der Waals surface area contributed by atoms with Gasteiger partial charge in [0.2, 0.25) is 5.91 Å². The number of anilines is 1. The van der Waals surface area contributed by atoms with Gasteiger partial charge in [-0.1, -0.05) is 11.8 Å². The summed E-state index contributed by atoms with van der Waals surface area (Å²) in [6, 6.07) is 10.3. The number of carbonyl (C=O) groups excluding carboxylic acids is 1. The molecular formula is C18H15FN4O4S. The Balaban J connectivity index is 1.67. The maximum atomic E-state index is 13.8. The highest BCUT2D eigenvalue weighted by molar-refractivity contribution is 7.99. The van der Waals surface area contributed by atoms with Gasteiger partial charge >= 0.3 is 0 Å². The van der Waals surface area contributed by atoms with Gasteiger partial charge in [-0.2, -0.15) is 0 Å². The highest BCUT2D eigenvalue weighted by Crippen LogP contribution is 2.24. The van der Waals surface area contributed by atoms with Gasteiger partial charge in [0.15, 0.2) is 5.16 Å². The fourth-order valence-electron chi connectivity index (χ4n) is 2.37. The first-order valence-corrected chi connectivity index (χ1v) is 9.01. The molecule has 0 aliphatic carbocycles. The van der Waals surface area contributed by atoms with Crippen molar-refractivity contribution in [2.75, 3.05) is 18.2 Å². The van der Waals surface area contributed by atoms with E-state index in [9.17, 15) is 19.3 Å². The Morgan fingerprint density at radius 2 is 2.07 bits per heavy atom. The minimum absolute atomic E-state index is 0.0463. The number of non-ortho nitro benzene ring substituents is 1. The molecule has 0 saturated carbocycles. The van der Waals surface area contributed by atoms with Gasteiger partial charge in [-0.05, 0) is 30.3 Å². The van der Waals surface area contributed by atoms with E-state index in [1.54, 1.807) is 24.1 Å². The standard InChI is InChI=1S/C18H15FN4O4S/c1-27-14-5-2-12(3-6-14)22-9-8-20-18(22)28-11-17(24)21-16-10-13(23(25)26)4-7-15(16)19/h2-10H,11H2,1H3,(H,21,24). The number of hydrogen-bond acceptors (Lipinski definition) is 6. The summed E-state index contributed by atoms with van der Waals surface area (Å²) in [5.74, 6) is -0.580. The van der Waals surface area contributed by atoms with Gasteiger partial charge in [0.05, 0.1) is 23.5 Å². The van der Waals surface area contributed by atoms with Crippen LogP contribution in [0, 0.1) is 15.9 Å². The Hall–Kier alpha value is -3.40. The summed E-state index contributed by atoms with van der Waals surface area (Å²) >= 11 is 1.15. The first kappa shape index (κ1) is 19.4. The Kier molecular flexibility index (Phi) is 5.90. The van der Waals surface area contributed by atoms with Crippen LogP contribution in [-0.4, -0.2) is 33.2 Å². The molecule has 1 N–H and O–H groups in total. The van der Waals surface area contributed by atoms with E-state index in [2.05, 4.69) is 10.3 Å². The van der Waals surface area contributed by atoms with Crippen molar-refractivity contribution in [3.05, 3.63) is 70.8 Å². The third-order valence-electron chi connectivity index (χ3n) is 3.72. The van der Waals surface area contributed by atoms with Gasteiger partial charge in [0.25, 0.3) is 5.69 Å². The highest BCUT2D eigenvalue weighted by Gasteiger charge is 2.14. The second-order valence-electron chi connectivity index (χ2n) is 5.54. The van der Waals surface area contributed by atoms with Crippen molar-refractivity contribution in [3.8, 4) is 11.4 Å². The van der Waals surface area contributed by atoms with Crippen LogP contribution in [0.2, 0.25) is 0 Å². The Bertz CT molecular complexity index is 1010. The second-order valence-corrected chi connectivity index (χ2v) is 6.48. The van der Waals surface area contributed by atoms with E-state index in [4.69, 9.17) is 4.74 Å². The number of thioether (sulfide) groups is 1. The van der Waals surface area contributed by atoms with Crippen molar-refractivity contribution in [1.82, 2.24) is 9.55 Å². The number of aromatic nitrogens is 2. The molecule has 3 rings (SSSR count). The summed E-state index contributed by atoms with van der Waals surface area (Å²) in [7, 11) is 1.58. The fraction of sp³-hybridized carbons (Fsp3) is 0.111. The molecule has 0 saturated heterocycles. The molecule has 0 atom stereocenters. The average molecular weight is 402 g/mol. The van der Waals surface area contributed by atoms with Crippen molar-refractivity contribution in [3.63, 3.8) is 0 Å². The van der Waals surface area contributed by atoms with Crippen LogP contribution in [-0.2, 0) is 4.79 Å². The number of methoxy groups -OCH3 is 1. The summed E-state index contributed by atoms with van der Waals surface area (Å²) < 4.78 is 20.7. The molecule has 144 valence electrons. The van der Waals surface area contributed by atoms with E-state index in [1.165, 1.54) is 0 Å². The third kappa shape index (κ3) is 4.46. The molecule has 1 heterocycles. The predicted octanol–water partition coefficient (Wildman–Crippen LogP) is 3.66. The summed E-state index contributed by atoms with van der Waals surface area (Å²) in [6.45, 7) is 0. The smallest absolute Gasteiger partial charge is 0.271 e. The number of amides is 1. The number of imidazole rings is 1. The van der Waals surface area contributed by atoms with Crippen LogP contribution in [0.1, 0.15) is 0 Å². The lowest BCUT2D eigenvalue weighted by atomic mass is 10.2. The minimum Gasteiger partial charge on any atom is -0.497 e. The first-order valence-electron chi connectivity index (χ1n) is 8.02. The van der Waals surface area contributed by atoms with E-state index in [0.717, 1.165) is 41.4 Å². The molecule has 0 radical (unpaired) electrons. The zero-order chi connectivity index (χ0) is 20.1. The topological polar surface area (TPSA) is 99.3 Å². The molecule has 28 heavy (non-hydrogen) atoms. The second kappa shape index (κ2) is 8.53. The van der Waals surface area contributed by atoms with Crippen molar-refractivity contribution in [2.24, 2.45) is 0 Å². The molecule has 2 aromatic carbocycles. The lowest BCUT2D eigenvalue weighted by molar-refractivity contribution is -0.384. The SMILES string of the molecule is COc1ccc(-n2ccnc2SCC(=O)Nc2cc([N+](=O)[O-])ccc2F)cc1. The number of nitro groups is 1. The summed E-state index contributed by atoms with van der Waals surface area (Å²) in [4.78, 5) is 26.5. The summed E-state index contributed by atoms with van der Waals surface area (Å²) in [5, 5.41) is 13.7. The lowest BCUT2D eigenvalue weighted by Gasteiger charge is -2.09. The number of nitrogens with one attached hydrogen (secondary N) is 1. The number of rotatable bonds is 7. The maximum Gasteiger partial charge on any atom is 0.271 e. The third-order valence-corrected chi connectivity index (χ3v) is 4.69. The Morgan fingerprint density at radius 1 is 1.32 bits per heavy atom. The van der Waals surface area contributed by atoms with E-state index >= 15 is 0 Å². The van der Waals surface area contributed by atoms with Crippen molar-refractivity contribution >= 4 is 29.0 Å². The number of carbonyl (C=O) groups is 1. The Labute approximate surface area is 163 Å². The van der Waals surface area contributed by atoms with Crippen molar-refractivity contribution in [2.45, 2.75) is 5.16 Å². The van der Waals surface area contributed by atoms with E-state index in [1.807, 2.05) is 24.3 Å². The summed E-state index contributed by atoms with van der Waals surface area (Å²) in [6.07, 6.45) is 3.35. The number of nitro benzene ring substituents is 1. The van der Waals surface area contributed by atoms with Gasteiger partial charge in [0.1, 0.15) is 11.6 Å². The molecule has 0 aliphatic rings. The van der Waals surface area contributed by atoms with Crippen molar-refractivity contribution < 1.29 is 18.8 Å². The molecule has 0 spiro atoms. The van der Waals surface area contributed by atoms with Gasteiger partial charge in [-0.15, -0.1) is 0 Å². The molecule has 8 nitrogen and oxygen atoms in total. The van der Waals surface area contributed by atoms with Crippen LogP contribution in [0.15, 0.2) is 60.0 Å². The zero-order valence-corrected chi connectivity index (χ0v) is 15.5. The molecule has 3 aromatic rings. The van der Waals surface area contributed by atoms with Crippen molar-refractivity contribution in [1.29, 1.82) is 0 Å². The number of hydrogen-bond donors (Lipinski definition) is 1. The number of nitrogens with zero attached hydrogens (tertiary/aromatic N) is 3. The molecule has 0 fully saturated rings. The molecule has 1 amide bonds. The van der Waals surface area contributed by atoms with Crippen LogP contribution < -0.4 is 10.1 Å². The fourth-order valence-corrected chi connectivity index (χ4v) is 3.15. The quantitative estimate of drug-likeness (QED) is 0.368. The van der Waals surface area contributed by atoms with Gasteiger partial charge in [0, 0.05) is 30.2 Å². The summed E-state index contributed by atoms with van der Waals surface area (Å²) in [5.41, 5.74) is 0.295. The molecule has 0 aliphatic heterocycles. The monoisotopic (exact) mass is 402 g/mol. The number of halogens is 1. The number of benzene rings is 2. The largest absolute Gasteiger partial charge is 0.497 e. The molecular weight excluding hydrogens is 387 g/mol. The van der Waals surface area contributed by atoms with E-state index < -0.39 is 16.6 Å². The molecule has 10 heteroatoms. The predicted molar refractivity (Wildman–Crippen MR) is 103 cm³/mol. The average Bonchev–Trinajstić information content (AvgIpc) is 3.16. The first-order chi connectivity index (χ1) is 13.5. The van der Waals surface area contributed by atoms with Crippen LogP contribution >= 0.6 is 11.8 Å². The Morgan fingerprint density at radius 3 is 2.75 bits per heavy atom. The highest BCUT2D eigenvalue weighted by atomic mass is 32.2. The van der Waals surface area contributed by atoms with Crippen LogP contribution in [0.5, 0.6) is 5.75 Å². The lowest BCUT2D eigenvalue weighted by Crippen LogP contribution is -2.15. The maximum absolute atomic E-state index is 13.8. The molecule has 0 unspecified atom stereocenters. The van der Waals surface area contributed by atoms with E-state index in [0.29, 0.717) is 5.16 Å². The molecule has 1 aromatic heterocycles. The van der Waals surface area contributed by atoms with Gasteiger partial charge < -0.3 is 10.1 Å². The van der Waals surface area contributed by atoms with Crippen LogP contribution in [0.25, 0.3) is 5.69 Å². The molecule has 0 bridgehead atoms. The van der Waals surface area contributed by atoms with E-state index in [-0.39, 0.29) is 17.1 Å².